The highest BCUT2D eigenvalue weighted by atomic mass is 15.2. The summed E-state index contributed by atoms with van der Waals surface area (Å²) in [4.78, 5) is 0. The molecular formula is C88H122N8+4. The topological polar surface area (TPSA) is 35.2 Å². The first-order valence-electron chi connectivity index (χ1n) is 36.6. The highest BCUT2D eigenvalue weighted by Crippen LogP contribution is 2.32. The van der Waals surface area contributed by atoms with Crippen LogP contribution in [-0.4, -0.2) is 18.3 Å². The van der Waals surface area contributed by atoms with Gasteiger partial charge in [-0.25, -0.2) is 36.5 Å². The zero-order valence-electron chi connectivity index (χ0n) is 64.7. The molecule has 11 aromatic carbocycles. The van der Waals surface area contributed by atoms with E-state index in [1.807, 2.05) is 111 Å². The molecule has 96 heavy (non-hydrogen) atoms. The Morgan fingerprint density at radius 3 is 0.917 bits per heavy atom. The van der Waals surface area contributed by atoms with E-state index < -0.39 is 0 Å². The van der Waals surface area contributed by atoms with Gasteiger partial charge in [-0.1, -0.05) is 226 Å². The monoisotopic (exact) mass is 1290 g/mol. The summed E-state index contributed by atoms with van der Waals surface area (Å²) in [6.07, 6.45) is 0. The fraction of sp³-hybridized carbons (Fsp3) is 0.364. The fourth-order valence-corrected chi connectivity index (χ4v) is 13.0. The number of nitrogens with zero attached hydrogens (tertiary/aromatic N) is 8. The minimum atomic E-state index is 0.999. The van der Waals surface area contributed by atoms with Crippen molar-refractivity contribution in [3.63, 3.8) is 0 Å². The van der Waals surface area contributed by atoms with Gasteiger partial charge in [0.25, 0.3) is 23.3 Å². The smallest absolute Gasteiger partial charge is 0.230 e. The van der Waals surface area contributed by atoms with Crippen LogP contribution in [0.3, 0.4) is 0 Å². The molecule has 0 N–H and O–H groups in total. The zero-order chi connectivity index (χ0) is 71.7. The average molecular weight is 1290 g/mol. The largest absolute Gasteiger partial charge is 0.254 e. The zero-order valence-corrected chi connectivity index (χ0v) is 64.7. The third-order valence-corrected chi connectivity index (χ3v) is 17.7. The van der Waals surface area contributed by atoms with Crippen molar-refractivity contribution in [2.45, 2.75) is 192 Å². The Hall–Kier alpha value is -8.88. The van der Waals surface area contributed by atoms with Crippen LogP contribution in [0.15, 0.2) is 182 Å². The molecule has 0 aliphatic rings. The Balaban J connectivity index is 0.000000255. The number of aryl methyl sites for hydroxylation is 8. The minimum absolute atomic E-state index is 0.999. The maximum atomic E-state index is 2.39. The summed E-state index contributed by atoms with van der Waals surface area (Å²) in [7, 11) is 8.60. The molecule has 0 unspecified atom stereocenters. The van der Waals surface area contributed by atoms with Gasteiger partial charge in [0.15, 0.2) is 44.1 Å². The Kier molecular flexibility index (Phi) is 32.0. The normalized spacial score (nSPS) is 10.2. The average Bonchev–Trinajstić information content (AvgIpc) is 1.59. The van der Waals surface area contributed by atoms with Crippen molar-refractivity contribution in [3.05, 3.63) is 205 Å². The lowest BCUT2D eigenvalue weighted by Crippen LogP contribution is -2.31. The van der Waals surface area contributed by atoms with Gasteiger partial charge in [-0.2, -0.15) is 0 Å². The van der Waals surface area contributed by atoms with Crippen LogP contribution in [0.1, 0.15) is 162 Å². The molecule has 4 heterocycles. The van der Waals surface area contributed by atoms with Crippen LogP contribution < -0.4 is 18.3 Å². The van der Waals surface area contributed by atoms with E-state index in [1.165, 1.54) is 143 Å². The highest BCUT2D eigenvalue weighted by molar-refractivity contribution is 6.12. The highest BCUT2D eigenvalue weighted by Gasteiger charge is 2.23. The molecule has 0 saturated carbocycles. The van der Waals surface area contributed by atoms with E-state index in [0.717, 1.165) is 26.2 Å². The molecule has 0 fully saturated rings. The molecule has 4 aromatic heterocycles. The van der Waals surface area contributed by atoms with Gasteiger partial charge in [-0.05, 0) is 164 Å². The molecular weight excluding hydrogens is 1170 g/mol. The van der Waals surface area contributed by atoms with Gasteiger partial charge >= 0.3 is 0 Å². The van der Waals surface area contributed by atoms with Crippen molar-refractivity contribution >= 4 is 120 Å². The third-order valence-electron chi connectivity index (χ3n) is 17.7. The Bertz CT molecular complexity index is 4880. The second-order valence-corrected chi connectivity index (χ2v) is 21.6. The fourth-order valence-electron chi connectivity index (χ4n) is 13.0. The molecule has 15 rings (SSSR count). The van der Waals surface area contributed by atoms with Crippen LogP contribution in [-0.2, 0) is 54.4 Å². The lowest BCUT2D eigenvalue weighted by molar-refractivity contribution is -0.652. The van der Waals surface area contributed by atoms with Crippen molar-refractivity contribution in [2.24, 2.45) is 28.2 Å². The predicted octanol–water partition coefficient (Wildman–Crippen LogP) is 23.5. The SMILES string of the molecule is CC.CC.CC.CC.CC.CC.CC.CC.CCn1c(C)[n+](C)c2c3ccccc3ccc21.CCn1c(C)[n+](C)c2cc3c(ccc4ccccc43)cc21.CCn1c(C)[n+](C)c2cc3cc4ccccc4cc3cc21.CCn1c(C)[n+](C)c2cc3ccc4ccccc4c3cc21. The summed E-state index contributed by atoms with van der Waals surface area (Å²) in [5, 5.41) is 18.5. The number of fused-ring (bicyclic) bond motifs is 14. The Morgan fingerprint density at radius 1 is 0.229 bits per heavy atom. The molecule has 15 aromatic rings. The lowest BCUT2D eigenvalue weighted by Gasteiger charge is -2.03. The number of benzene rings is 11. The van der Waals surface area contributed by atoms with E-state index in [9.17, 15) is 0 Å². The molecule has 0 saturated heterocycles. The summed E-state index contributed by atoms with van der Waals surface area (Å²) in [5.74, 6) is 5.20. The van der Waals surface area contributed by atoms with Gasteiger partial charge in [0, 0.05) is 33.1 Å². The van der Waals surface area contributed by atoms with E-state index in [2.05, 4.69) is 302 Å². The molecule has 8 nitrogen and oxygen atoms in total. The van der Waals surface area contributed by atoms with Crippen LogP contribution in [0, 0.1) is 27.7 Å². The maximum Gasteiger partial charge on any atom is 0.254 e. The molecule has 8 heteroatoms. The van der Waals surface area contributed by atoms with E-state index in [1.54, 1.807) is 0 Å². The number of rotatable bonds is 4. The van der Waals surface area contributed by atoms with Crippen LogP contribution in [0.4, 0.5) is 0 Å². The molecule has 0 radical (unpaired) electrons. The standard InChI is InChI=1S/3C19H19N2.C15H17N2.8C2H6/c1-4-21-13(2)20(3)18-11-16-9-14-7-5-6-8-15(14)10-17(16)12-19(18)21;1-4-21-13(2)20(3)18-12-17-15(11-19(18)21)10-9-14-7-5-6-8-16(14)17;1-4-21-13(2)20(3)18-11-15-10-9-14-7-5-6-8-16(14)17(15)12-19(18)21;1-4-17-11(2)16(3)15-13-8-6-5-7-12(13)9-10-14(15)17;8*1-2/h3*5-12H,4H2,1-3H3;5-10H,4H2,1-3H3;8*1-2H3/q4*+1;;;;;;;;. The van der Waals surface area contributed by atoms with E-state index in [-0.39, 0.29) is 0 Å². The minimum Gasteiger partial charge on any atom is -0.230 e. The summed E-state index contributed by atoms with van der Waals surface area (Å²) < 4.78 is 18.7. The summed E-state index contributed by atoms with van der Waals surface area (Å²) in [6.45, 7) is 53.6. The molecule has 0 amide bonds. The predicted molar refractivity (Wildman–Crippen MR) is 427 cm³/mol. The molecule has 0 atom stereocenters. The quantitative estimate of drug-likeness (QED) is 0.0956. The number of aromatic nitrogens is 8. The van der Waals surface area contributed by atoms with Gasteiger partial charge in [0.1, 0.15) is 0 Å². The van der Waals surface area contributed by atoms with E-state index in [4.69, 9.17) is 0 Å². The second kappa shape index (κ2) is 38.6. The first-order valence-corrected chi connectivity index (χ1v) is 36.6. The lowest BCUT2D eigenvalue weighted by atomic mass is 10.0. The first kappa shape index (κ1) is 79.6. The Labute approximate surface area is 578 Å². The van der Waals surface area contributed by atoms with Crippen molar-refractivity contribution in [1.82, 2.24) is 18.3 Å². The third kappa shape index (κ3) is 16.0. The van der Waals surface area contributed by atoms with Crippen LogP contribution in [0.5, 0.6) is 0 Å². The van der Waals surface area contributed by atoms with Crippen molar-refractivity contribution in [3.8, 4) is 0 Å². The van der Waals surface area contributed by atoms with E-state index in [0.29, 0.717) is 0 Å². The maximum absolute atomic E-state index is 2.39. The summed E-state index contributed by atoms with van der Waals surface area (Å²) >= 11 is 0. The van der Waals surface area contributed by atoms with E-state index >= 15 is 0 Å². The van der Waals surface area contributed by atoms with Gasteiger partial charge in [-0.15, -0.1) is 0 Å². The van der Waals surface area contributed by atoms with Crippen molar-refractivity contribution in [2.75, 3.05) is 0 Å². The van der Waals surface area contributed by atoms with Crippen LogP contribution >= 0.6 is 0 Å². The molecule has 0 aliphatic carbocycles. The number of imidazole rings is 4. The number of hydrogen-bond donors (Lipinski definition) is 0. The van der Waals surface area contributed by atoms with Crippen LogP contribution in [0.2, 0.25) is 0 Å². The van der Waals surface area contributed by atoms with Crippen molar-refractivity contribution in [1.29, 1.82) is 0 Å². The van der Waals surface area contributed by atoms with Gasteiger partial charge in [-0.3, -0.25) is 0 Å². The second-order valence-electron chi connectivity index (χ2n) is 21.6. The van der Waals surface area contributed by atoms with Crippen molar-refractivity contribution < 1.29 is 18.3 Å². The molecule has 0 aliphatic heterocycles. The summed E-state index contributed by atoms with van der Waals surface area (Å²) in [5.41, 5.74) is 10.5. The Morgan fingerprint density at radius 2 is 0.500 bits per heavy atom. The van der Waals surface area contributed by atoms with Crippen LogP contribution in [0.25, 0.3) is 120 Å². The van der Waals surface area contributed by atoms with Gasteiger partial charge < -0.3 is 0 Å². The molecule has 510 valence electrons. The molecule has 0 spiro atoms. The summed E-state index contributed by atoms with van der Waals surface area (Å²) in [6, 6.07) is 66.3. The molecule has 0 bridgehead atoms. The van der Waals surface area contributed by atoms with Gasteiger partial charge in [0.2, 0.25) is 0 Å². The first-order chi connectivity index (χ1) is 46.8. The van der Waals surface area contributed by atoms with Gasteiger partial charge in [0.05, 0.1) is 54.4 Å². The number of hydrogen-bond acceptors (Lipinski definition) is 0.